The summed E-state index contributed by atoms with van der Waals surface area (Å²) in [6.07, 6.45) is 25.8. The van der Waals surface area contributed by atoms with Gasteiger partial charge in [0.15, 0.2) is 0 Å². The first kappa shape index (κ1) is 28.7. The zero-order valence-electron chi connectivity index (χ0n) is 25.7. The summed E-state index contributed by atoms with van der Waals surface area (Å²) in [5.41, 5.74) is 2.55. The highest BCUT2D eigenvalue weighted by molar-refractivity contribution is 5.69. The first-order valence-electron chi connectivity index (χ1n) is 17.1. The van der Waals surface area contributed by atoms with Gasteiger partial charge in [-0.1, -0.05) is 97.6 Å². The van der Waals surface area contributed by atoms with Crippen LogP contribution in [0.2, 0.25) is 0 Å². The Hall–Kier alpha value is -0.790. The van der Waals surface area contributed by atoms with Crippen molar-refractivity contribution in [3.8, 4) is 0 Å². The summed E-state index contributed by atoms with van der Waals surface area (Å²) in [5.74, 6) is 6.14. The quantitative estimate of drug-likeness (QED) is 0.221. The second-order valence-electron chi connectivity index (χ2n) is 15.7. The zero-order chi connectivity index (χ0) is 26.9. The Morgan fingerprint density at radius 2 is 1.74 bits per heavy atom. The van der Waals surface area contributed by atoms with E-state index in [1.165, 1.54) is 89.9 Å². The molecule has 5 aliphatic carbocycles. The Bertz CT molecular complexity index is 836. The molecule has 8 atom stereocenters. The fraction of sp³-hybridized carbons (Fsp3) is 0.917. The normalized spacial score (nSPS) is 40.2. The number of hydrogen-bond acceptors (Lipinski definition) is 2. The van der Waals surface area contributed by atoms with Crippen molar-refractivity contribution in [2.75, 3.05) is 0 Å². The standard InChI is InChI=1S/C36H60O2/c1-25(2)10-9-11-26(3)31-17-18-32-30-16-15-28-24-29(38-34(37)19-14-27-12-7-6-8-13-27)20-22-35(28,4)33(30)21-23-36(31,32)5/h15,25-27,29-33H,6-14,16-24H2,1-5H3/t26-,29-,30+,31-,32+,33+,35-,36+/m0/s1. The SMILES string of the molecule is CC(C)CCC[C@H](C)[C@@H]1CC[C@@H]2[C@H]3CC=C4C[C@@H](OC(=O)CCC5CCCCC5)CC[C@]4(C)[C@@H]3CC[C@@]21C. The molecule has 2 nitrogen and oxygen atoms in total. The van der Waals surface area contributed by atoms with Crippen molar-refractivity contribution in [1.82, 2.24) is 0 Å². The van der Waals surface area contributed by atoms with Gasteiger partial charge in [-0.2, -0.15) is 0 Å². The molecule has 5 aliphatic rings. The highest BCUT2D eigenvalue weighted by atomic mass is 16.5. The van der Waals surface area contributed by atoms with Gasteiger partial charge in [0.05, 0.1) is 0 Å². The van der Waals surface area contributed by atoms with Crippen LogP contribution in [0, 0.1) is 52.3 Å². The lowest BCUT2D eigenvalue weighted by Crippen LogP contribution is -2.51. The molecule has 216 valence electrons. The molecular weight excluding hydrogens is 464 g/mol. The molecule has 0 unspecified atom stereocenters. The van der Waals surface area contributed by atoms with Crippen molar-refractivity contribution in [2.24, 2.45) is 52.3 Å². The van der Waals surface area contributed by atoms with Crippen LogP contribution >= 0.6 is 0 Å². The summed E-state index contributed by atoms with van der Waals surface area (Å²) in [6, 6.07) is 0. The van der Waals surface area contributed by atoms with E-state index < -0.39 is 0 Å². The van der Waals surface area contributed by atoms with Crippen LogP contribution in [0.1, 0.15) is 150 Å². The summed E-state index contributed by atoms with van der Waals surface area (Å²) in [7, 11) is 0. The van der Waals surface area contributed by atoms with Crippen LogP contribution in [0.3, 0.4) is 0 Å². The van der Waals surface area contributed by atoms with Crippen LogP contribution in [-0.2, 0) is 9.53 Å². The third-order valence-corrected chi connectivity index (χ3v) is 13.0. The van der Waals surface area contributed by atoms with Crippen LogP contribution in [-0.4, -0.2) is 12.1 Å². The van der Waals surface area contributed by atoms with Gasteiger partial charge >= 0.3 is 5.97 Å². The van der Waals surface area contributed by atoms with Gasteiger partial charge in [-0.25, -0.2) is 0 Å². The smallest absolute Gasteiger partial charge is 0.306 e. The first-order chi connectivity index (χ1) is 18.2. The van der Waals surface area contributed by atoms with Gasteiger partial charge in [0, 0.05) is 12.8 Å². The maximum absolute atomic E-state index is 12.7. The monoisotopic (exact) mass is 524 g/mol. The number of rotatable bonds is 9. The molecular formula is C36H60O2. The Labute approximate surface area is 235 Å². The summed E-state index contributed by atoms with van der Waals surface area (Å²) >= 11 is 0. The second-order valence-corrected chi connectivity index (χ2v) is 15.7. The van der Waals surface area contributed by atoms with Crippen molar-refractivity contribution in [2.45, 2.75) is 156 Å². The third kappa shape index (κ3) is 5.81. The summed E-state index contributed by atoms with van der Waals surface area (Å²) in [5, 5.41) is 0. The van der Waals surface area contributed by atoms with Crippen LogP contribution in [0.15, 0.2) is 11.6 Å². The minimum atomic E-state index is 0.0754. The molecule has 2 heteroatoms. The first-order valence-corrected chi connectivity index (χ1v) is 17.1. The van der Waals surface area contributed by atoms with Crippen LogP contribution in [0.25, 0.3) is 0 Å². The number of allylic oxidation sites excluding steroid dienone is 1. The van der Waals surface area contributed by atoms with Crippen molar-refractivity contribution < 1.29 is 9.53 Å². The predicted molar refractivity (Wildman–Crippen MR) is 159 cm³/mol. The number of esters is 1. The molecule has 0 aromatic rings. The molecule has 0 aromatic heterocycles. The van der Waals surface area contributed by atoms with Gasteiger partial charge in [0.25, 0.3) is 0 Å². The van der Waals surface area contributed by atoms with Gasteiger partial charge in [0.2, 0.25) is 0 Å². The van der Waals surface area contributed by atoms with E-state index in [9.17, 15) is 4.79 Å². The average molecular weight is 525 g/mol. The summed E-state index contributed by atoms with van der Waals surface area (Å²) in [4.78, 5) is 12.7. The molecule has 0 radical (unpaired) electrons. The lowest BCUT2D eigenvalue weighted by Gasteiger charge is -2.58. The molecule has 0 spiro atoms. The van der Waals surface area contributed by atoms with Gasteiger partial charge in [0.1, 0.15) is 6.10 Å². The summed E-state index contributed by atoms with van der Waals surface area (Å²) < 4.78 is 6.11. The van der Waals surface area contributed by atoms with Crippen molar-refractivity contribution in [3.05, 3.63) is 11.6 Å². The van der Waals surface area contributed by atoms with Crippen LogP contribution < -0.4 is 0 Å². The maximum Gasteiger partial charge on any atom is 0.306 e. The number of hydrogen-bond donors (Lipinski definition) is 0. The van der Waals surface area contributed by atoms with E-state index in [1.807, 2.05) is 0 Å². The number of carbonyl (C=O) groups excluding carboxylic acids is 1. The summed E-state index contributed by atoms with van der Waals surface area (Å²) in [6.45, 7) is 12.6. The molecule has 4 saturated carbocycles. The Morgan fingerprint density at radius 1 is 0.947 bits per heavy atom. The Balaban J connectivity index is 1.17. The van der Waals surface area contributed by atoms with E-state index in [-0.39, 0.29) is 12.1 Å². The van der Waals surface area contributed by atoms with Gasteiger partial charge in [-0.15, -0.1) is 0 Å². The Kier molecular flexibility index (Phi) is 9.06. The maximum atomic E-state index is 12.7. The molecule has 4 fully saturated rings. The van der Waals surface area contributed by atoms with E-state index >= 15 is 0 Å². The van der Waals surface area contributed by atoms with Gasteiger partial charge < -0.3 is 4.74 Å². The van der Waals surface area contributed by atoms with Crippen molar-refractivity contribution in [3.63, 3.8) is 0 Å². The molecule has 0 saturated heterocycles. The van der Waals surface area contributed by atoms with Crippen molar-refractivity contribution in [1.29, 1.82) is 0 Å². The molecule has 0 N–H and O–H groups in total. The largest absolute Gasteiger partial charge is 0.462 e. The fourth-order valence-electron chi connectivity index (χ4n) is 10.8. The molecule has 38 heavy (non-hydrogen) atoms. The van der Waals surface area contributed by atoms with E-state index in [0.29, 0.717) is 17.3 Å². The number of fused-ring (bicyclic) bond motifs is 5. The van der Waals surface area contributed by atoms with E-state index in [1.54, 1.807) is 5.57 Å². The lowest BCUT2D eigenvalue weighted by molar-refractivity contribution is -0.152. The minimum Gasteiger partial charge on any atom is -0.462 e. The van der Waals surface area contributed by atoms with Gasteiger partial charge in [-0.3, -0.25) is 4.79 Å². The second kappa shape index (κ2) is 12.0. The Morgan fingerprint density at radius 3 is 2.50 bits per heavy atom. The molecule has 0 bridgehead atoms. The molecule has 0 aliphatic heterocycles. The van der Waals surface area contributed by atoms with Crippen molar-refractivity contribution >= 4 is 5.97 Å². The van der Waals surface area contributed by atoms with Gasteiger partial charge in [-0.05, 0) is 104 Å². The number of ether oxygens (including phenoxy) is 1. The van der Waals surface area contributed by atoms with Crippen LogP contribution in [0.5, 0.6) is 0 Å². The molecule has 5 rings (SSSR count). The van der Waals surface area contributed by atoms with Crippen LogP contribution in [0.4, 0.5) is 0 Å². The highest BCUT2D eigenvalue weighted by Crippen LogP contribution is 2.67. The molecule has 0 heterocycles. The topological polar surface area (TPSA) is 26.3 Å². The highest BCUT2D eigenvalue weighted by Gasteiger charge is 2.59. The molecule has 0 aromatic carbocycles. The number of carbonyl (C=O) groups is 1. The predicted octanol–water partition coefficient (Wildman–Crippen LogP) is 10.3. The molecule has 0 amide bonds. The average Bonchev–Trinajstić information content (AvgIpc) is 3.25. The zero-order valence-corrected chi connectivity index (χ0v) is 25.7. The van der Waals surface area contributed by atoms with E-state index in [4.69, 9.17) is 4.74 Å². The minimum absolute atomic E-state index is 0.0754. The van der Waals surface area contributed by atoms with E-state index in [0.717, 1.165) is 60.7 Å². The third-order valence-electron chi connectivity index (χ3n) is 13.0. The lowest BCUT2D eigenvalue weighted by atomic mass is 9.47. The fourth-order valence-corrected chi connectivity index (χ4v) is 10.8. The van der Waals surface area contributed by atoms with E-state index in [2.05, 4.69) is 40.7 Å².